The van der Waals surface area contributed by atoms with Crippen molar-refractivity contribution in [3.05, 3.63) is 36.2 Å². The second-order valence-electron chi connectivity index (χ2n) is 8.06. The molecule has 7 nitrogen and oxygen atoms in total. The van der Waals surface area contributed by atoms with Crippen molar-refractivity contribution in [1.82, 2.24) is 24.9 Å². The van der Waals surface area contributed by atoms with Crippen molar-refractivity contribution in [2.75, 3.05) is 36.0 Å². The molecule has 4 heterocycles. The third-order valence-electron chi connectivity index (χ3n) is 5.03. The maximum Gasteiger partial charge on any atom is 0.142 e. The van der Waals surface area contributed by atoms with E-state index >= 15 is 0 Å². The fraction of sp³-hybridized carbons (Fsp3) is 0.500. The number of piperazine rings is 1. The maximum atomic E-state index is 4.88. The number of aromatic amines is 1. The van der Waals surface area contributed by atoms with E-state index in [1.54, 1.807) is 6.33 Å². The average Bonchev–Trinajstić information content (AvgIpc) is 3.16. The van der Waals surface area contributed by atoms with Gasteiger partial charge in [0.05, 0.1) is 5.39 Å². The van der Waals surface area contributed by atoms with Crippen LogP contribution in [0.3, 0.4) is 0 Å². The van der Waals surface area contributed by atoms with Crippen LogP contribution in [-0.2, 0) is 11.8 Å². The lowest BCUT2D eigenvalue weighted by Crippen LogP contribution is -2.47. The van der Waals surface area contributed by atoms with Gasteiger partial charge in [0.25, 0.3) is 0 Å². The number of fused-ring (bicyclic) bond motifs is 1. The van der Waals surface area contributed by atoms with Crippen molar-refractivity contribution in [3.8, 4) is 0 Å². The topological polar surface area (TPSA) is 73.8 Å². The quantitative estimate of drug-likeness (QED) is 0.769. The number of hydrogen-bond acceptors (Lipinski definition) is 6. The molecule has 3 aromatic rings. The minimum atomic E-state index is -0.0530. The fourth-order valence-corrected chi connectivity index (χ4v) is 3.42. The molecule has 0 aliphatic carbocycles. The number of anilines is 2. The van der Waals surface area contributed by atoms with E-state index < -0.39 is 0 Å². The molecule has 1 aliphatic heterocycles. The molecule has 0 saturated carbocycles. The highest BCUT2D eigenvalue weighted by molar-refractivity contribution is 5.87. The van der Waals surface area contributed by atoms with Crippen LogP contribution in [0.4, 0.5) is 11.6 Å². The molecular weight excluding hydrogens is 338 g/mol. The number of H-pyrrole nitrogens is 1. The standard InChI is InChI=1S/C20H27N7/c1-5-14-12-16(25-19(24-14)20(2,3)4)26-8-10-27(11-9-26)18-15-6-7-21-17(15)22-13-23-18/h6-7,12-13H,5,8-11H2,1-4H3,(H,21,22,23). The van der Waals surface area contributed by atoms with E-state index in [0.29, 0.717) is 0 Å². The van der Waals surface area contributed by atoms with Crippen molar-refractivity contribution in [1.29, 1.82) is 0 Å². The molecule has 1 aliphatic rings. The summed E-state index contributed by atoms with van der Waals surface area (Å²) in [7, 11) is 0. The summed E-state index contributed by atoms with van der Waals surface area (Å²) >= 11 is 0. The molecule has 0 aromatic carbocycles. The molecule has 0 atom stereocenters. The summed E-state index contributed by atoms with van der Waals surface area (Å²) in [5.41, 5.74) is 1.95. The molecule has 4 rings (SSSR count). The molecule has 7 heteroatoms. The Balaban J connectivity index is 1.55. The van der Waals surface area contributed by atoms with Crippen molar-refractivity contribution >= 4 is 22.7 Å². The normalized spacial score (nSPS) is 15.6. The Hall–Kier alpha value is -2.70. The predicted molar refractivity (Wildman–Crippen MR) is 108 cm³/mol. The molecule has 0 unspecified atom stereocenters. The van der Waals surface area contributed by atoms with Crippen LogP contribution in [0.2, 0.25) is 0 Å². The summed E-state index contributed by atoms with van der Waals surface area (Å²) in [5.74, 6) is 2.97. The highest BCUT2D eigenvalue weighted by Crippen LogP contribution is 2.26. The third kappa shape index (κ3) is 3.46. The van der Waals surface area contributed by atoms with E-state index in [-0.39, 0.29) is 5.41 Å². The van der Waals surface area contributed by atoms with Crippen molar-refractivity contribution in [3.63, 3.8) is 0 Å². The van der Waals surface area contributed by atoms with Crippen molar-refractivity contribution in [2.24, 2.45) is 0 Å². The summed E-state index contributed by atoms with van der Waals surface area (Å²) in [5, 5.41) is 1.08. The van der Waals surface area contributed by atoms with E-state index in [0.717, 1.165) is 66.8 Å². The first kappa shape index (κ1) is 17.7. The van der Waals surface area contributed by atoms with Gasteiger partial charge in [-0.25, -0.2) is 19.9 Å². The van der Waals surface area contributed by atoms with Crippen molar-refractivity contribution < 1.29 is 0 Å². The first-order valence-corrected chi connectivity index (χ1v) is 9.62. The van der Waals surface area contributed by atoms with Gasteiger partial charge in [-0.2, -0.15) is 0 Å². The van der Waals surface area contributed by atoms with Crippen molar-refractivity contribution in [2.45, 2.75) is 39.5 Å². The van der Waals surface area contributed by atoms with Crippen LogP contribution in [0.25, 0.3) is 11.0 Å². The van der Waals surface area contributed by atoms with Crippen LogP contribution in [0.1, 0.15) is 39.2 Å². The van der Waals surface area contributed by atoms with Gasteiger partial charge < -0.3 is 14.8 Å². The lowest BCUT2D eigenvalue weighted by molar-refractivity contribution is 0.538. The highest BCUT2D eigenvalue weighted by Gasteiger charge is 2.24. The van der Waals surface area contributed by atoms with Crippen LogP contribution in [0, 0.1) is 0 Å². The van der Waals surface area contributed by atoms with Gasteiger partial charge in [0, 0.05) is 49.6 Å². The molecule has 3 aromatic heterocycles. The Labute approximate surface area is 159 Å². The molecule has 27 heavy (non-hydrogen) atoms. The number of aryl methyl sites for hydroxylation is 1. The lowest BCUT2D eigenvalue weighted by atomic mass is 9.95. The summed E-state index contributed by atoms with van der Waals surface area (Å²) in [6.07, 6.45) is 4.47. The monoisotopic (exact) mass is 365 g/mol. The third-order valence-corrected chi connectivity index (χ3v) is 5.03. The van der Waals surface area contributed by atoms with Crippen LogP contribution < -0.4 is 9.80 Å². The summed E-state index contributed by atoms with van der Waals surface area (Å²) in [6, 6.07) is 4.19. The molecule has 0 bridgehead atoms. The Bertz CT molecular complexity index is 933. The average molecular weight is 365 g/mol. The second kappa shape index (κ2) is 6.79. The van der Waals surface area contributed by atoms with Crippen LogP contribution in [0.15, 0.2) is 24.7 Å². The van der Waals surface area contributed by atoms with Gasteiger partial charge in [0.15, 0.2) is 0 Å². The summed E-state index contributed by atoms with van der Waals surface area (Å²) in [4.78, 5) is 26.3. The van der Waals surface area contributed by atoms with Crippen LogP contribution in [0.5, 0.6) is 0 Å². The van der Waals surface area contributed by atoms with Gasteiger partial charge in [-0.3, -0.25) is 0 Å². The first-order chi connectivity index (χ1) is 13.0. The lowest BCUT2D eigenvalue weighted by Gasteiger charge is -2.36. The number of hydrogen-bond donors (Lipinski definition) is 1. The van der Waals surface area contributed by atoms with E-state index in [1.807, 2.05) is 12.3 Å². The summed E-state index contributed by atoms with van der Waals surface area (Å²) < 4.78 is 0. The fourth-order valence-electron chi connectivity index (χ4n) is 3.42. The molecule has 142 valence electrons. The first-order valence-electron chi connectivity index (χ1n) is 9.62. The van der Waals surface area contributed by atoms with Gasteiger partial charge in [0.2, 0.25) is 0 Å². The zero-order valence-corrected chi connectivity index (χ0v) is 16.5. The van der Waals surface area contributed by atoms with E-state index in [1.165, 1.54) is 0 Å². The summed E-state index contributed by atoms with van der Waals surface area (Å²) in [6.45, 7) is 12.3. The SMILES string of the molecule is CCc1cc(N2CCN(c3ncnc4[nH]ccc34)CC2)nc(C(C)(C)C)n1. The van der Waals surface area contributed by atoms with Gasteiger partial charge in [-0.15, -0.1) is 0 Å². The Morgan fingerprint density at radius 1 is 1.04 bits per heavy atom. The predicted octanol–water partition coefficient (Wildman–Crippen LogP) is 2.93. The second-order valence-corrected chi connectivity index (χ2v) is 8.06. The Kier molecular flexibility index (Phi) is 4.45. The van der Waals surface area contributed by atoms with Crippen LogP contribution in [-0.4, -0.2) is 51.1 Å². The minimum absolute atomic E-state index is 0.0530. The van der Waals surface area contributed by atoms with Gasteiger partial charge in [-0.1, -0.05) is 27.7 Å². The molecule has 1 N–H and O–H groups in total. The molecular formula is C20H27N7. The number of nitrogens with one attached hydrogen (secondary N) is 1. The minimum Gasteiger partial charge on any atom is -0.353 e. The van der Waals surface area contributed by atoms with E-state index in [4.69, 9.17) is 9.97 Å². The van der Waals surface area contributed by atoms with Gasteiger partial charge in [-0.05, 0) is 12.5 Å². The zero-order valence-electron chi connectivity index (χ0n) is 16.5. The molecule has 0 spiro atoms. The highest BCUT2D eigenvalue weighted by atomic mass is 15.3. The van der Waals surface area contributed by atoms with Gasteiger partial charge >= 0.3 is 0 Å². The zero-order chi connectivity index (χ0) is 19.0. The maximum absolute atomic E-state index is 4.88. The largest absolute Gasteiger partial charge is 0.353 e. The molecule has 0 amide bonds. The smallest absolute Gasteiger partial charge is 0.142 e. The molecule has 1 saturated heterocycles. The molecule has 0 radical (unpaired) electrons. The number of aromatic nitrogens is 5. The number of rotatable bonds is 3. The Morgan fingerprint density at radius 2 is 1.78 bits per heavy atom. The molecule has 1 fully saturated rings. The Morgan fingerprint density at radius 3 is 2.48 bits per heavy atom. The van der Waals surface area contributed by atoms with Gasteiger partial charge in [0.1, 0.15) is 29.4 Å². The van der Waals surface area contributed by atoms with E-state index in [9.17, 15) is 0 Å². The number of nitrogens with zero attached hydrogens (tertiary/aromatic N) is 6. The van der Waals surface area contributed by atoms with E-state index in [2.05, 4.69) is 58.5 Å². The van der Waals surface area contributed by atoms with Crippen LogP contribution >= 0.6 is 0 Å².